The van der Waals surface area contributed by atoms with Gasteiger partial charge in [0.2, 0.25) is 0 Å². The number of hydrogen-bond acceptors (Lipinski definition) is 2. The van der Waals surface area contributed by atoms with Crippen LogP contribution in [0.4, 0.5) is 17.1 Å². The van der Waals surface area contributed by atoms with Crippen molar-refractivity contribution >= 4 is 103 Å². The fourth-order valence-corrected chi connectivity index (χ4v) is 12.2. The molecule has 2 nitrogen and oxygen atoms in total. The van der Waals surface area contributed by atoms with Crippen molar-refractivity contribution < 1.29 is 0 Å². The van der Waals surface area contributed by atoms with Crippen molar-refractivity contribution in [3.8, 4) is 39.1 Å². The van der Waals surface area contributed by atoms with Crippen molar-refractivity contribution in [1.29, 1.82) is 0 Å². The normalized spacial score (nSPS) is 11.8. The topological polar surface area (TPSA) is 8.17 Å². The molecule has 14 rings (SSSR count). The van der Waals surface area contributed by atoms with E-state index in [4.69, 9.17) is 0 Å². The van der Waals surface area contributed by atoms with Crippen molar-refractivity contribution in [3.05, 3.63) is 255 Å². The molecule has 0 atom stereocenters. The van der Waals surface area contributed by atoms with Crippen molar-refractivity contribution in [3.63, 3.8) is 0 Å². The summed E-state index contributed by atoms with van der Waals surface area (Å²) in [6.07, 6.45) is 0. The molecule has 69 heavy (non-hydrogen) atoms. The van der Waals surface area contributed by atoms with Gasteiger partial charge in [-0.25, -0.2) is 0 Å². The van der Waals surface area contributed by atoms with Gasteiger partial charge in [-0.1, -0.05) is 182 Å². The molecule has 12 aromatic carbocycles. The van der Waals surface area contributed by atoms with Gasteiger partial charge in [0.05, 0.1) is 11.0 Å². The Labute approximate surface area is 403 Å². The Morgan fingerprint density at radius 3 is 1.42 bits per heavy atom. The molecule has 3 heteroatoms. The Hall–Kier alpha value is -8.76. The molecule has 0 aliphatic heterocycles. The lowest BCUT2D eigenvalue weighted by Crippen LogP contribution is -2.09. The molecule has 0 spiro atoms. The minimum atomic E-state index is 1.10. The number of nitrogens with zero attached hydrogens (tertiary/aromatic N) is 2. The van der Waals surface area contributed by atoms with Crippen molar-refractivity contribution in [1.82, 2.24) is 4.57 Å². The van der Waals surface area contributed by atoms with E-state index in [-0.39, 0.29) is 0 Å². The minimum absolute atomic E-state index is 1.10. The first-order valence-electron chi connectivity index (χ1n) is 23.7. The van der Waals surface area contributed by atoms with Crippen LogP contribution in [0.25, 0.3) is 113 Å². The highest BCUT2D eigenvalue weighted by Crippen LogP contribution is 2.43. The standard InChI is InChI=1S/C66H42N2S/c1-2-13-43(14-3-1)44-25-32-48(33-26-44)67(50-36-29-46(30-37-50)52-21-12-22-60-59-20-9-11-24-65(59)69-66(52)60)49-34-27-45(28-35-49)47-31-40-64-62(41-47)58-19-8-10-23-63(58)68(64)51-38-39-57-55-17-5-4-15-53(55)54-16-6-7-18-56(54)61(57)42-51/h1-42H. The van der Waals surface area contributed by atoms with Gasteiger partial charge in [-0.2, -0.15) is 0 Å². The predicted octanol–water partition coefficient (Wildman–Crippen LogP) is 19.1. The summed E-state index contributed by atoms with van der Waals surface area (Å²) >= 11 is 1.88. The first kappa shape index (κ1) is 39.4. The van der Waals surface area contributed by atoms with Gasteiger partial charge in [0, 0.05) is 53.7 Å². The number of anilines is 3. The zero-order valence-corrected chi connectivity index (χ0v) is 38.4. The first-order valence-corrected chi connectivity index (χ1v) is 24.5. The molecule has 0 amide bonds. The molecule has 0 aliphatic rings. The van der Waals surface area contributed by atoms with Gasteiger partial charge in [-0.15, -0.1) is 11.3 Å². The first-order chi connectivity index (χ1) is 34.2. The number of fused-ring (bicyclic) bond motifs is 12. The number of benzene rings is 12. The summed E-state index contributed by atoms with van der Waals surface area (Å²) in [5.74, 6) is 0. The highest BCUT2D eigenvalue weighted by molar-refractivity contribution is 7.26. The van der Waals surface area contributed by atoms with Crippen LogP contribution in [0.15, 0.2) is 255 Å². The molecule has 0 N–H and O–H groups in total. The number of hydrogen-bond donors (Lipinski definition) is 0. The SMILES string of the molecule is c1ccc(-c2ccc(N(c3ccc(-c4ccc5c(c4)c4ccccc4n5-c4ccc5c6ccccc6c6ccccc6c5c4)cc3)c3ccc(-c4cccc5c4sc4ccccc45)cc3)cc2)cc1. The van der Waals surface area contributed by atoms with Crippen LogP contribution in [0.1, 0.15) is 0 Å². The Bertz CT molecular complexity index is 4240. The fraction of sp³-hybridized carbons (Fsp3) is 0. The van der Waals surface area contributed by atoms with Gasteiger partial charge in [0.15, 0.2) is 0 Å². The van der Waals surface area contributed by atoms with Crippen LogP contribution in [-0.4, -0.2) is 4.57 Å². The third-order valence-electron chi connectivity index (χ3n) is 14.2. The van der Waals surface area contributed by atoms with E-state index in [1.165, 1.54) is 108 Å². The van der Waals surface area contributed by atoms with Gasteiger partial charge in [0.1, 0.15) is 0 Å². The highest BCUT2D eigenvalue weighted by Gasteiger charge is 2.18. The third-order valence-corrected chi connectivity index (χ3v) is 15.4. The van der Waals surface area contributed by atoms with Gasteiger partial charge in [-0.3, -0.25) is 0 Å². The van der Waals surface area contributed by atoms with Crippen LogP contribution in [0, 0.1) is 0 Å². The van der Waals surface area contributed by atoms with E-state index in [9.17, 15) is 0 Å². The van der Waals surface area contributed by atoms with Crippen molar-refractivity contribution in [2.45, 2.75) is 0 Å². The number of rotatable bonds is 7. The van der Waals surface area contributed by atoms with E-state index in [2.05, 4.69) is 264 Å². The molecule has 0 unspecified atom stereocenters. The molecule has 0 fully saturated rings. The monoisotopic (exact) mass is 894 g/mol. The Kier molecular flexibility index (Phi) is 9.11. The maximum atomic E-state index is 2.44. The molecular formula is C66H42N2S. The van der Waals surface area contributed by atoms with E-state index >= 15 is 0 Å². The van der Waals surface area contributed by atoms with Crippen LogP contribution in [0.5, 0.6) is 0 Å². The lowest BCUT2D eigenvalue weighted by Gasteiger charge is -2.26. The Morgan fingerprint density at radius 1 is 0.275 bits per heavy atom. The number of para-hydroxylation sites is 1. The molecule has 0 saturated carbocycles. The second kappa shape index (κ2) is 16.0. The van der Waals surface area contributed by atoms with Crippen LogP contribution in [0.2, 0.25) is 0 Å². The van der Waals surface area contributed by atoms with E-state index in [0.717, 1.165) is 22.7 Å². The van der Waals surface area contributed by atoms with E-state index in [0.29, 0.717) is 0 Å². The lowest BCUT2D eigenvalue weighted by atomic mass is 9.94. The summed E-state index contributed by atoms with van der Waals surface area (Å²) in [6.45, 7) is 0. The average molecular weight is 895 g/mol. The van der Waals surface area contributed by atoms with Crippen LogP contribution in [0.3, 0.4) is 0 Å². The largest absolute Gasteiger partial charge is 0.311 e. The molecule has 0 saturated heterocycles. The van der Waals surface area contributed by atoms with Gasteiger partial charge in [0.25, 0.3) is 0 Å². The van der Waals surface area contributed by atoms with E-state index in [1.54, 1.807) is 0 Å². The average Bonchev–Trinajstić information content (AvgIpc) is 3.98. The second-order valence-corrected chi connectivity index (χ2v) is 19.1. The second-order valence-electron chi connectivity index (χ2n) is 18.0. The molecule has 0 radical (unpaired) electrons. The zero-order valence-electron chi connectivity index (χ0n) is 37.6. The maximum absolute atomic E-state index is 2.44. The predicted molar refractivity (Wildman–Crippen MR) is 297 cm³/mol. The molecule has 0 aliphatic carbocycles. The van der Waals surface area contributed by atoms with Crippen molar-refractivity contribution in [2.24, 2.45) is 0 Å². The number of thiophene rings is 1. The summed E-state index contributed by atoms with van der Waals surface area (Å²) in [7, 11) is 0. The van der Waals surface area contributed by atoms with Crippen LogP contribution in [-0.2, 0) is 0 Å². The quantitative estimate of drug-likeness (QED) is 0.145. The third kappa shape index (κ3) is 6.47. The molecule has 14 aromatic rings. The molecule has 2 aromatic heterocycles. The number of aromatic nitrogens is 1. The maximum Gasteiger partial charge on any atom is 0.0541 e. The van der Waals surface area contributed by atoms with Crippen LogP contribution < -0.4 is 4.90 Å². The summed E-state index contributed by atoms with van der Waals surface area (Å²) in [5, 5.41) is 12.8. The summed E-state index contributed by atoms with van der Waals surface area (Å²) in [6, 6.07) is 93.6. The molecule has 0 bridgehead atoms. The lowest BCUT2D eigenvalue weighted by molar-refractivity contribution is 1.19. The van der Waals surface area contributed by atoms with Crippen LogP contribution >= 0.6 is 11.3 Å². The Morgan fingerprint density at radius 2 is 0.754 bits per heavy atom. The molecule has 2 heterocycles. The minimum Gasteiger partial charge on any atom is -0.311 e. The summed E-state index contributed by atoms with van der Waals surface area (Å²) in [4.78, 5) is 2.37. The zero-order chi connectivity index (χ0) is 45.4. The smallest absolute Gasteiger partial charge is 0.0541 e. The van der Waals surface area contributed by atoms with Crippen molar-refractivity contribution in [2.75, 3.05) is 4.90 Å². The van der Waals surface area contributed by atoms with Gasteiger partial charge in [-0.05, 0) is 138 Å². The highest BCUT2D eigenvalue weighted by atomic mass is 32.1. The molecular weight excluding hydrogens is 853 g/mol. The van der Waals surface area contributed by atoms with E-state index in [1.807, 2.05) is 11.3 Å². The molecule has 322 valence electrons. The summed E-state index contributed by atoms with van der Waals surface area (Å²) in [5.41, 5.74) is 14.1. The van der Waals surface area contributed by atoms with E-state index < -0.39 is 0 Å². The van der Waals surface area contributed by atoms with Gasteiger partial charge < -0.3 is 9.47 Å². The Balaban J connectivity index is 0.849. The van der Waals surface area contributed by atoms with Gasteiger partial charge >= 0.3 is 0 Å². The summed E-state index contributed by atoms with van der Waals surface area (Å²) < 4.78 is 5.09. The fourth-order valence-electron chi connectivity index (χ4n) is 10.9.